The number of hydrogen-bond acceptors (Lipinski definition) is 3. The number of rotatable bonds is 5. The van der Waals surface area contributed by atoms with Crippen LogP contribution in [0.4, 0.5) is 10.1 Å². The zero-order chi connectivity index (χ0) is 13.0. The van der Waals surface area contributed by atoms with Crippen molar-refractivity contribution >= 4 is 28.9 Å². The maximum atomic E-state index is 12.6. The molecule has 0 amide bonds. The van der Waals surface area contributed by atoms with E-state index in [1.807, 2.05) is 6.07 Å². The summed E-state index contributed by atoms with van der Waals surface area (Å²) in [6.07, 6.45) is 4.57. The van der Waals surface area contributed by atoms with Crippen LogP contribution in [0.25, 0.3) is 0 Å². The molecule has 0 aliphatic heterocycles. The molecule has 0 fully saturated rings. The number of pyridine rings is 1. The number of halogens is 3. The molecule has 2 rings (SSSR count). The van der Waals surface area contributed by atoms with E-state index < -0.39 is 6.67 Å². The topological polar surface area (TPSA) is 29.3 Å². The third-order valence-corrected chi connectivity index (χ3v) is 2.96. The van der Waals surface area contributed by atoms with E-state index in [2.05, 4.69) is 4.98 Å². The fourth-order valence-electron chi connectivity index (χ4n) is 1.61. The molecular weight excluding hydrogens is 278 g/mol. The first-order chi connectivity index (χ1) is 8.70. The first-order valence-electron chi connectivity index (χ1n) is 5.33. The maximum absolute atomic E-state index is 12.6. The Morgan fingerprint density at radius 3 is 2.67 bits per heavy atom. The molecule has 0 saturated heterocycles. The van der Waals surface area contributed by atoms with Crippen molar-refractivity contribution in [3.63, 3.8) is 0 Å². The maximum Gasteiger partial charge on any atom is 0.129 e. The van der Waals surface area contributed by atoms with Crippen molar-refractivity contribution < 1.29 is 8.81 Å². The van der Waals surface area contributed by atoms with Gasteiger partial charge in [0.05, 0.1) is 5.69 Å². The summed E-state index contributed by atoms with van der Waals surface area (Å²) in [5.41, 5.74) is 1.59. The van der Waals surface area contributed by atoms with Gasteiger partial charge in [0.25, 0.3) is 0 Å². The van der Waals surface area contributed by atoms with Gasteiger partial charge in [0.15, 0.2) is 0 Å². The summed E-state index contributed by atoms with van der Waals surface area (Å²) < 4.78 is 17.6. The Hall–Kier alpha value is -1.26. The quantitative estimate of drug-likeness (QED) is 0.780. The molecule has 6 heteroatoms. The highest BCUT2D eigenvalue weighted by molar-refractivity contribution is 6.33. The number of anilines is 1. The average Bonchev–Trinajstić information content (AvgIpc) is 2.78. The monoisotopic (exact) mass is 288 g/mol. The molecule has 3 nitrogen and oxygen atoms in total. The van der Waals surface area contributed by atoms with Gasteiger partial charge in [-0.15, -0.1) is 0 Å². The second kappa shape index (κ2) is 6.07. The Balaban J connectivity index is 2.16. The lowest BCUT2D eigenvalue weighted by atomic mass is 10.2. The van der Waals surface area contributed by atoms with Crippen molar-refractivity contribution in [3.05, 3.63) is 46.6 Å². The summed E-state index contributed by atoms with van der Waals surface area (Å²) in [5.74, 6) is 0. The summed E-state index contributed by atoms with van der Waals surface area (Å²) in [5, 5.41) is 0.891. The zero-order valence-electron chi connectivity index (χ0n) is 9.44. The van der Waals surface area contributed by atoms with Gasteiger partial charge in [-0.2, -0.15) is 0 Å². The van der Waals surface area contributed by atoms with Crippen LogP contribution in [-0.2, 0) is 6.54 Å². The van der Waals surface area contributed by atoms with Crippen LogP contribution in [0.2, 0.25) is 10.2 Å². The van der Waals surface area contributed by atoms with E-state index >= 15 is 0 Å². The Morgan fingerprint density at radius 1 is 1.28 bits per heavy atom. The molecule has 0 saturated carbocycles. The van der Waals surface area contributed by atoms with Crippen molar-refractivity contribution in [2.75, 3.05) is 18.1 Å². The highest BCUT2D eigenvalue weighted by Crippen LogP contribution is 2.28. The molecule has 2 heterocycles. The minimum absolute atomic E-state index is 0.238. The summed E-state index contributed by atoms with van der Waals surface area (Å²) >= 11 is 11.7. The van der Waals surface area contributed by atoms with E-state index in [1.165, 1.54) is 12.5 Å². The molecule has 0 aliphatic carbocycles. The molecular formula is C12H11Cl2FN2O. The standard InChI is InChI=1S/C12H11Cl2FN2O/c13-10-7-18-8-11(10)17(4-3-15)6-9-1-2-12(14)16-5-9/h1-2,5,7-8H,3-4,6H2. The van der Waals surface area contributed by atoms with Gasteiger partial charge < -0.3 is 9.32 Å². The Labute approximate surface area is 114 Å². The summed E-state index contributed by atoms with van der Waals surface area (Å²) in [4.78, 5) is 5.77. The fraction of sp³-hybridized carbons (Fsp3) is 0.250. The predicted molar refractivity (Wildman–Crippen MR) is 70.0 cm³/mol. The molecule has 2 aromatic heterocycles. The Bertz CT molecular complexity index is 501. The van der Waals surface area contributed by atoms with Gasteiger partial charge in [-0.05, 0) is 11.6 Å². The van der Waals surface area contributed by atoms with Gasteiger partial charge in [-0.1, -0.05) is 29.3 Å². The summed E-state index contributed by atoms with van der Waals surface area (Å²) in [6, 6.07) is 3.54. The zero-order valence-corrected chi connectivity index (χ0v) is 11.0. The molecule has 0 atom stereocenters. The van der Waals surface area contributed by atoms with E-state index in [0.29, 0.717) is 22.4 Å². The van der Waals surface area contributed by atoms with Crippen LogP contribution in [0.3, 0.4) is 0 Å². The molecule has 0 unspecified atom stereocenters. The third-order valence-electron chi connectivity index (χ3n) is 2.45. The van der Waals surface area contributed by atoms with Crippen LogP contribution in [0.5, 0.6) is 0 Å². The lowest BCUT2D eigenvalue weighted by Gasteiger charge is -2.22. The van der Waals surface area contributed by atoms with Crippen LogP contribution in [0, 0.1) is 0 Å². The van der Waals surface area contributed by atoms with E-state index in [1.54, 1.807) is 17.2 Å². The van der Waals surface area contributed by atoms with Gasteiger partial charge in [0, 0.05) is 19.3 Å². The van der Waals surface area contributed by atoms with Gasteiger partial charge in [0.1, 0.15) is 29.4 Å². The molecule has 96 valence electrons. The van der Waals surface area contributed by atoms with Gasteiger partial charge in [-0.25, -0.2) is 9.37 Å². The normalized spacial score (nSPS) is 10.6. The van der Waals surface area contributed by atoms with Crippen LogP contribution < -0.4 is 4.90 Å². The molecule has 18 heavy (non-hydrogen) atoms. The molecule has 0 bridgehead atoms. The highest BCUT2D eigenvalue weighted by atomic mass is 35.5. The van der Waals surface area contributed by atoms with Crippen LogP contribution in [0.15, 0.2) is 35.3 Å². The molecule has 0 aliphatic rings. The van der Waals surface area contributed by atoms with E-state index in [9.17, 15) is 4.39 Å². The molecule has 2 aromatic rings. The number of alkyl halides is 1. The van der Waals surface area contributed by atoms with Gasteiger partial charge in [0.2, 0.25) is 0 Å². The van der Waals surface area contributed by atoms with Crippen molar-refractivity contribution in [1.82, 2.24) is 4.98 Å². The lowest BCUT2D eigenvalue weighted by Crippen LogP contribution is -2.24. The van der Waals surface area contributed by atoms with Crippen molar-refractivity contribution in [2.45, 2.75) is 6.54 Å². The Morgan fingerprint density at radius 2 is 2.11 bits per heavy atom. The first-order valence-corrected chi connectivity index (χ1v) is 6.09. The van der Waals surface area contributed by atoms with Crippen LogP contribution >= 0.6 is 23.2 Å². The number of aromatic nitrogens is 1. The molecule has 0 spiro atoms. The number of nitrogens with zero attached hydrogens (tertiary/aromatic N) is 2. The predicted octanol–water partition coefficient (Wildman–Crippen LogP) is 3.96. The molecule has 0 aromatic carbocycles. The van der Waals surface area contributed by atoms with E-state index in [4.69, 9.17) is 27.6 Å². The molecule has 0 radical (unpaired) electrons. The van der Waals surface area contributed by atoms with E-state index in [-0.39, 0.29) is 6.54 Å². The third kappa shape index (κ3) is 3.15. The fourth-order valence-corrected chi connectivity index (χ4v) is 1.93. The highest BCUT2D eigenvalue weighted by Gasteiger charge is 2.13. The molecule has 0 N–H and O–H groups in total. The van der Waals surface area contributed by atoms with Crippen molar-refractivity contribution in [3.8, 4) is 0 Å². The first kappa shape index (κ1) is 13.2. The van der Waals surface area contributed by atoms with Crippen molar-refractivity contribution in [2.24, 2.45) is 0 Å². The number of furan rings is 1. The average molecular weight is 289 g/mol. The van der Waals surface area contributed by atoms with Gasteiger partial charge in [-0.3, -0.25) is 0 Å². The summed E-state index contributed by atoms with van der Waals surface area (Å²) in [6.45, 7) is 0.262. The smallest absolute Gasteiger partial charge is 0.129 e. The lowest BCUT2D eigenvalue weighted by molar-refractivity contribution is 0.488. The van der Waals surface area contributed by atoms with Gasteiger partial charge >= 0.3 is 0 Å². The largest absolute Gasteiger partial charge is 0.469 e. The minimum atomic E-state index is -0.470. The van der Waals surface area contributed by atoms with Crippen LogP contribution in [0.1, 0.15) is 5.56 Å². The van der Waals surface area contributed by atoms with Crippen molar-refractivity contribution in [1.29, 1.82) is 0 Å². The van der Waals surface area contributed by atoms with E-state index in [0.717, 1.165) is 5.56 Å². The van der Waals surface area contributed by atoms with Crippen LogP contribution in [-0.4, -0.2) is 18.2 Å². The Kier molecular flexibility index (Phi) is 4.44. The summed E-state index contributed by atoms with van der Waals surface area (Å²) in [7, 11) is 0. The number of hydrogen-bond donors (Lipinski definition) is 0. The second-order valence-corrected chi connectivity index (χ2v) is 4.50. The minimum Gasteiger partial charge on any atom is -0.469 e. The second-order valence-electron chi connectivity index (χ2n) is 3.70. The SMILES string of the molecule is FCCN(Cc1ccc(Cl)nc1)c1cocc1Cl.